The molecule has 132 valence electrons. The molecule has 1 saturated heterocycles. The van der Waals surface area contributed by atoms with E-state index in [9.17, 15) is 4.79 Å². The summed E-state index contributed by atoms with van der Waals surface area (Å²) in [6.07, 6.45) is 3.53. The zero-order valence-electron chi connectivity index (χ0n) is 14.0. The fourth-order valence-electron chi connectivity index (χ4n) is 4.82. The molecule has 1 aromatic rings. The Morgan fingerprint density at radius 3 is 2.83 bits per heavy atom. The first-order valence-corrected chi connectivity index (χ1v) is 10.0. The zero-order valence-corrected chi connectivity index (χ0v) is 14.8. The Bertz CT molecular complexity index is 557. The van der Waals surface area contributed by atoms with E-state index in [0.717, 1.165) is 32.7 Å². The highest BCUT2D eigenvalue weighted by molar-refractivity contribution is 7.10. The lowest BCUT2D eigenvalue weighted by molar-refractivity contribution is -0.127. The molecule has 5 atom stereocenters. The van der Waals surface area contributed by atoms with Crippen LogP contribution in [0.3, 0.4) is 0 Å². The number of carbonyl (C=O) groups is 1. The maximum atomic E-state index is 12.8. The van der Waals surface area contributed by atoms with Crippen LogP contribution in [0.4, 0.5) is 0 Å². The first-order chi connectivity index (χ1) is 11.7. The van der Waals surface area contributed by atoms with Crippen molar-refractivity contribution in [3.8, 4) is 0 Å². The van der Waals surface area contributed by atoms with Gasteiger partial charge < -0.3 is 15.8 Å². The van der Waals surface area contributed by atoms with E-state index in [-0.39, 0.29) is 23.9 Å². The Morgan fingerprint density at radius 1 is 1.38 bits per heavy atom. The third kappa shape index (κ3) is 3.12. The second kappa shape index (κ2) is 7.12. The summed E-state index contributed by atoms with van der Waals surface area (Å²) in [4.78, 5) is 16.5. The monoisotopic (exact) mass is 349 g/mol. The maximum absolute atomic E-state index is 12.8. The summed E-state index contributed by atoms with van der Waals surface area (Å²) in [5.41, 5.74) is 6.32. The van der Waals surface area contributed by atoms with Gasteiger partial charge in [-0.05, 0) is 42.5 Å². The number of hydrogen-bond acceptors (Lipinski definition) is 5. The van der Waals surface area contributed by atoms with Gasteiger partial charge in [-0.25, -0.2) is 0 Å². The molecule has 3 fully saturated rings. The van der Waals surface area contributed by atoms with Crippen LogP contribution in [0, 0.1) is 17.8 Å². The highest BCUT2D eigenvalue weighted by Gasteiger charge is 2.49. The van der Waals surface area contributed by atoms with Crippen LogP contribution in [0.25, 0.3) is 0 Å². The number of nitrogens with two attached hydrogens (primary N) is 1. The number of morpholine rings is 1. The fourth-order valence-corrected chi connectivity index (χ4v) is 5.68. The van der Waals surface area contributed by atoms with Crippen LogP contribution in [0.1, 0.15) is 30.2 Å². The number of hydrogen-bond donors (Lipinski definition) is 2. The lowest BCUT2D eigenvalue weighted by atomic mass is 9.84. The number of ether oxygens (including phenoxy) is 1. The maximum Gasteiger partial charge on any atom is 0.225 e. The highest BCUT2D eigenvalue weighted by Crippen LogP contribution is 2.47. The largest absolute Gasteiger partial charge is 0.379 e. The number of thiophene rings is 1. The minimum absolute atomic E-state index is 0.0254. The van der Waals surface area contributed by atoms with Gasteiger partial charge >= 0.3 is 0 Å². The minimum atomic E-state index is 0.0254. The van der Waals surface area contributed by atoms with Gasteiger partial charge in [-0.15, -0.1) is 11.3 Å². The van der Waals surface area contributed by atoms with E-state index in [0.29, 0.717) is 18.4 Å². The minimum Gasteiger partial charge on any atom is -0.379 e. The van der Waals surface area contributed by atoms with Gasteiger partial charge in [0.25, 0.3) is 0 Å². The van der Waals surface area contributed by atoms with Gasteiger partial charge in [-0.2, -0.15) is 0 Å². The van der Waals surface area contributed by atoms with Crippen molar-refractivity contribution in [2.24, 2.45) is 23.5 Å². The first-order valence-electron chi connectivity index (χ1n) is 9.12. The average Bonchev–Trinajstić information content (AvgIpc) is 3.33. The Labute approximate surface area is 147 Å². The number of rotatable bonds is 5. The van der Waals surface area contributed by atoms with Crippen molar-refractivity contribution in [1.29, 1.82) is 0 Å². The van der Waals surface area contributed by atoms with Crippen LogP contribution in [-0.2, 0) is 9.53 Å². The Hall–Kier alpha value is -0.950. The summed E-state index contributed by atoms with van der Waals surface area (Å²) in [7, 11) is 0. The van der Waals surface area contributed by atoms with Gasteiger partial charge in [-0.1, -0.05) is 6.07 Å². The SMILES string of the molecule is NC1C2CCC(C2)C1C(=O)NCC(c1cccs1)N1CCOCC1. The van der Waals surface area contributed by atoms with Crippen LogP contribution < -0.4 is 11.1 Å². The Morgan fingerprint density at radius 2 is 2.17 bits per heavy atom. The topological polar surface area (TPSA) is 67.6 Å². The summed E-state index contributed by atoms with van der Waals surface area (Å²) in [6, 6.07) is 4.56. The summed E-state index contributed by atoms with van der Waals surface area (Å²) >= 11 is 1.76. The van der Waals surface area contributed by atoms with E-state index in [1.165, 1.54) is 17.7 Å². The number of nitrogens with zero attached hydrogens (tertiary/aromatic N) is 1. The molecule has 6 heteroatoms. The van der Waals surface area contributed by atoms with Crippen molar-refractivity contribution in [1.82, 2.24) is 10.2 Å². The third-order valence-electron chi connectivity index (χ3n) is 6.11. The van der Waals surface area contributed by atoms with Gasteiger partial charge in [0.1, 0.15) is 0 Å². The molecular formula is C18H27N3O2S. The molecule has 2 bridgehead atoms. The molecule has 2 saturated carbocycles. The smallest absolute Gasteiger partial charge is 0.225 e. The van der Waals surface area contributed by atoms with E-state index >= 15 is 0 Å². The number of fused-ring (bicyclic) bond motifs is 2. The Balaban J connectivity index is 1.40. The van der Waals surface area contributed by atoms with E-state index in [1.807, 2.05) is 0 Å². The average molecular weight is 350 g/mol. The van der Waals surface area contributed by atoms with E-state index in [2.05, 4.69) is 27.7 Å². The second-order valence-electron chi connectivity index (χ2n) is 7.36. The van der Waals surface area contributed by atoms with Gasteiger partial charge in [0, 0.05) is 30.6 Å². The predicted octanol–water partition coefficient (Wildman–Crippen LogP) is 1.61. The zero-order chi connectivity index (χ0) is 16.5. The third-order valence-corrected chi connectivity index (χ3v) is 7.08. The van der Waals surface area contributed by atoms with Crippen LogP contribution in [0.2, 0.25) is 0 Å². The van der Waals surface area contributed by atoms with Crippen LogP contribution in [0.15, 0.2) is 17.5 Å². The van der Waals surface area contributed by atoms with Crippen LogP contribution in [-0.4, -0.2) is 49.7 Å². The van der Waals surface area contributed by atoms with E-state index in [1.54, 1.807) is 11.3 Å². The predicted molar refractivity (Wildman–Crippen MR) is 94.8 cm³/mol. The van der Waals surface area contributed by atoms with Crippen molar-refractivity contribution in [2.45, 2.75) is 31.3 Å². The summed E-state index contributed by atoms with van der Waals surface area (Å²) in [5.74, 6) is 1.27. The summed E-state index contributed by atoms with van der Waals surface area (Å²) in [5, 5.41) is 5.34. The highest BCUT2D eigenvalue weighted by atomic mass is 32.1. The molecule has 5 unspecified atom stereocenters. The molecule has 3 N–H and O–H groups in total. The van der Waals surface area contributed by atoms with E-state index < -0.39 is 0 Å². The number of carbonyl (C=O) groups excluding carboxylic acids is 1. The van der Waals surface area contributed by atoms with Crippen molar-refractivity contribution in [2.75, 3.05) is 32.8 Å². The molecule has 5 nitrogen and oxygen atoms in total. The molecular weight excluding hydrogens is 322 g/mol. The van der Waals surface area contributed by atoms with Crippen molar-refractivity contribution in [3.05, 3.63) is 22.4 Å². The molecule has 4 rings (SSSR count). The molecule has 1 aromatic heterocycles. The molecule has 1 amide bonds. The van der Waals surface area contributed by atoms with Crippen molar-refractivity contribution in [3.63, 3.8) is 0 Å². The molecule has 1 aliphatic heterocycles. The van der Waals surface area contributed by atoms with Gasteiger partial charge in [-0.3, -0.25) is 9.69 Å². The molecule has 2 heterocycles. The van der Waals surface area contributed by atoms with Crippen molar-refractivity contribution < 1.29 is 9.53 Å². The standard InChI is InChI=1S/C18H27N3O2S/c19-17-13-4-3-12(10-13)16(17)18(22)20-11-14(15-2-1-9-24-15)21-5-7-23-8-6-21/h1-2,9,12-14,16-17H,3-8,10-11,19H2,(H,20,22). The first kappa shape index (κ1) is 16.5. The Kier molecular flexibility index (Phi) is 4.90. The summed E-state index contributed by atoms with van der Waals surface area (Å²) < 4.78 is 5.48. The van der Waals surface area contributed by atoms with Crippen molar-refractivity contribution >= 4 is 17.2 Å². The molecule has 0 radical (unpaired) electrons. The van der Waals surface area contributed by atoms with Gasteiger partial charge in [0.2, 0.25) is 5.91 Å². The molecule has 24 heavy (non-hydrogen) atoms. The second-order valence-corrected chi connectivity index (χ2v) is 8.34. The van der Waals surface area contributed by atoms with Gasteiger partial charge in [0.15, 0.2) is 0 Å². The normalized spacial score (nSPS) is 34.4. The molecule has 0 aromatic carbocycles. The lowest BCUT2D eigenvalue weighted by Crippen LogP contribution is -2.48. The molecule has 2 aliphatic carbocycles. The van der Waals surface area contributed by atoms with Crippen LogP contribution >= 0.6 is 11.3 Å². The number of amides is 1. The quantitative estimate of drug-likeness (QED) is 0.847. The molecule has 0 spiro atoms. The summed E-state index contributed by atoms with van der Waals surface area (Å²) in [6.45, 7) is 4.05. The van der Waals surface area contributed by atoms with E-state index in [4.69, 9.17) is 10.5 Å². The lowest BCUT2D eigenvalue weighted by Gasteiger charge is -2.35. The van der Waals surface area contributed by atoms with Gasteiger partial charge in [0.05, 0.1) is 25.2 Å². The van der Waals surface area contributed by atoms with Crippen LogP contribution in [0.5, 0.6) is 0 Å². The fraction of sp³-hybridized carbons (Fsp3) is 0.722. The number of nitrogens with one attached hydrogen (secondary N) is 1. The molecule has 3 aliphatic rings.